The molecule has 0 radical (unpaired) electrons. The number of aryl methyl sites for hydroxylation is 1. The summed E-state index contributed by atoms with van der Waals surface area (Å²) < 4.78 is 6.44. The smallest absolute Gasteiger partial charge is 0.357 e. The predicted octanol–water partition coefficient (Wildman–Crippen LogP) is 2.18. The Morgan fingerprint density at radius 3 is 2.88 bits per heavy atom. The zero-order valence-corrected chi connectivity index (χ0v) is 10.6. The summed E-state index contributed by atoms with van der Waals surface area (Å²) in [5.41, 5.74) is 2.14. The van der Waals surface area contributed by atoms with E-state index >= 15 is 0 Å². The normalized spacial score (nSPS) is 10.8. The van der Waals surface area contributed by atoms with Crippen LogP contribution in [0.25, 0.3) is 5.65 Å². The fourth-order valence-corrected chi connectivity index (χ4v) is 1.78. The van der Waals surface area contributed by atoms with Crippen molar-refractivity contribution in [1.29, 1.82) is 0 Å². The van der Waals surface area contributed by atoms with Gasteiger partial charge >= 0.3 is 5.97 Å². The maximum absolute atomic E-state index is 11.7. The molecule has 0 aliphatic carbocycles. The van der Waals surface area contributed by atoms with Crippen molar-refractivity contribution >= 4 is 23.2 Å². The van der Waals surface area contributed by atoms with Crippen molar-refractivity contribution in [2.45, 2.75) is 20.8 Å². The second-order valence-corrected chi connectivity index (χ2v) is 4.01. The van der Waals surface area contributed by atoms with Crippen molar-refractivity contribution in [3.8, 4) is 0 Å². The quantitative estimate of drug-likeness (QED) is 0.608. The zero-order valence-electron chi connectivity index (χ0n) is 9.82. The molecule has 0 fully saturated rings. The summed E-state index contributed by atoms with van der Waals surface area (Å²) in [6.45, 7) is 5.61. The molecule has 0 saturated carbocycles. The lowest BCUT2D eigenvalue weighted by atomic mass is 10.2. The number of hydrogen-bond donors (Lipinski definition) is 0. The number of aromatic nitrogens is 3. The van der Waals surface area contributed by atoms with E-state index in [0.29, 0.717) is 23.0 Å². The number of carbonyl (C=O) groups excluding carboxylic acids is 1. The molecule has 0 bridgehead atoms. The molecule has 6 heteroatoms. The third kappa shape index (κ3) is 1.98. The Kier molecular flexibility index (Phi) is 3.02. The van der Waals surface area contributed by atoms with E-state index in [0.717, 1.165) is 5.69 Å². The first-order chi connectivity index (χ1) is 8.04. The highest BCUT2D eigenvalue weighted by Gasteiger charge is 2.18. The van der Waals surface area contributed by atoms with E-state index in [2.05, 4.69) is 10.1 Å². The number of hydrogen-bond acceptors (Lipinski definition) is 4. The van der Waals surface area contributed by atoms with Crippen LogP contribution in [0.2, 0.25) is 5.15 Å². The van der Waals surface area contributed by atoms with Crippen molar-refractivity contribution in [3.63, 3.8) is 0 Å². The first-order valence-corrected chi connectivity index (χ1v) is 5.62. The number of ether oxygens (including phenoxy) is 1. The van der Waals surface area contributed by atoms with Gasteiger partial charge in [-0.25, -0.2) is 14.3 Å². The van der Waals surface area contributed by atoms with E-state index in [1.165, 1.54) is 4.52 Å². The zero-order chi connectivity index (χ0) is 12.6. The van der Waals surface area contributed by atoms with Gasteiger partial charge in [0.25, 0.3) is 0 Å². The summed E-state index contributed by atoms with van der Waals surface area (Å²) >= 11 is 6.14. The fraction of sp³-hybridized carbons (Fsp3) is 0.364. The van der Waals surface area contributed by atoms with Crippen LogP contribution in [0.5, 0.6) is 0 Å². The average Bonchev–Trinajstić information content (AvgIpc) is 2.65. The lowest BCUT2D eigenvalue weighted by Gasteiger charge is -2.07. The molecule has 0 aliphatic heterocycles. The average molecular weight is 254 g/mol. The maximum atomic E-state index is 11.7. The first-order valence-electron chi connectivity index (χ1n) is 5.24. The van der Waals surface area contributed by atoms with Crippen molar-refractivity contribution in [2.24, 2.45) is 0 Å². The predicted molar refractivity (Wildman–Crippen MR) is 63.4 cm³/mol. The highest BCUT2D eigenvalue weighted by atomic mass is 35.5. The van der Waals surface area contributed by atoms with Gasteiger partial charge in [-0.1, -0.05) is 11.6 Å². The van der Waals surface area contributed by atoms with Crippen molar-refractivity contribution in [2.75, 3.05) is 6.61 Å². The molecule has 0 unspecified atom stereocenters. The first kappa shape index (κ1) is 11.9. The Hall–Kier alpha value is -1.62. The Labute approximate surface area is 103 Å². The van der Waals surface area contributed by atoms with Crippen LogP contribution in [0.3, 0.4) is 0 Å². The van der Waals surface area contributed by atoms with Crippen LogP contribution in [0.15, 0.2) is 6.07 Å². The van der Waals surface area contributed by atoms with Crippen molar-refractivity contribution in [3.05, 3.63) is 28.2 Å². The summed E-state index contributed by atoms with van der Waals surface area (Å²) in [7, 11) is 0. The van der Waals surface area contributed by atoms with Gasteiger partial charge in [-0.2, -0.15) is 5.10 Å². The van der Waals surface area contributed by atoms with Gasteiger partial charge in [-0.15, -0.1) is 0 Å². The summed E-state index contributed by atoms with van der Waals surface area (Å²) in [6.07, 6.45) is 0. The Balaban J connectivity index is 2.64. The van der Waals surface area contributed by atoms with Gasteiger partial charge in [0, 0.05) is 11.6 Å². The fourth-order valence-electron chi connectivity index (χ4n) is 1.56. The lowest BCUT2D eigenvalue weighted by Crippen LogP contribution is -2.11. The van der Waals surface area contributed by atoms with Crippen LogP contribution in [-0.4, -0.2) is 27.2 Å². The molecule has 2 rings (SSSR count). The molecule has 2 aromatic heterocycles. The summed E-state index contributed by atoms with van der Waals surface area (Å²) in [6, 6.07) is 1.76. The van der Waals surface area contributed by atoms with Crippen LogP contribution in [0, 0.1) is 13.8 Å². The van der Waals surface area contributed by atoms with Crippen LogP contribution < -0.4 is 0 Å². The standard InChI is InChI=1S/C11H12ClN3O2/c1-4-17-11(16)9-7(3)10(12)15-8(13-9)5-6(2)14-15/h5H,4H2,1-3H3. The van der Waals surface area contributed by atoms with E-state index < -0.39 is 5.97 Å². The maximum Gasteiger partial charge on any atom is 0.357 e. The van der Waals surface area contributed by atoms with Crippen LogP contribution in [0.4, 0.5) is 0 Å². The Morgan fingerprint density at radius 1 is 1.53 bits per heavy atom. The number of fused-ring (bicyclic) bond motifs is 1. The number of halogens is 1. The highest BCUT2D eigenvalue weighted by molar-refractivity contribution is 6.30. The van der Waals surface area contributed by atoms with Gasteiger partial charge in [0.15, 0.2) is 11.3 Å². The minimum Gasteiger partial charge on any atom is -0.461 e. The van der Waals surface area contributed by atoms with E-state index in [-0.39, 0.29) is 5.69 Å². The topological polar surface area (TPSA) is 56.5 Å². The molecule has 0 spiro atoms. The third-order valence-electron chi connectivity index (χ3n) is 2.36. The molecule has 2 aromatic rings. The van der Waals surface area contributed by atoms with Gasteiger partial charge in [-0.05, 0) is 20.8 Å². The number of esters is 1. The molecule has 17 heavy (non-hydrogen) atoms. The van der Waals surface area contributed by atoms with Gasteiger partial charge in [-0.3, -0.25) is 0 Å². The van der Waals surface area contributed by atoms with E-state index in [4.69, 9.17) is 16.3 Å². The molecule has 5 nitrogen and oxygen atoms in total. The third-order valence-corrected chi connectivity index (χ3v) is 2.80. The highest BCUT2D eigenvalue weighted by Crippen LogP contribution is 2.20. The van der Waals surface area contributed by atoms with Crippen LogP contribution >= 0.6 is 11.6 Å². The molecule has 0 aromatic carbocycles. The molecule has 2 heterocycles. The molecular weight excluding hydrogens is 242 g/mol. The second-order valence-electron chi connectivity index (χ2n) is 3.65. The Morgan fingerprint density at radius 2 is 2.24 bits per heavy atom. The summed E-state index contributed by atoms with van der Waals surface area (Å²) in [4.78, 5) is 15.9. The van der Waals surface area contributed by atoms with Gasteiger partial charge in [0.2, 0.25) is 0 Å². The number of rotatable bonds is 2. The number of nitrogens with zero attached hydrogens (tertiary/aromatic N) is 3. The van der Waals surface area contributed by atoms with E-state index in [9.17, 15) is 4.79 Å². The monoisotopic (exact) mass is 253 g/mol. The second kappa shape index (κ2) is 4.33. The van der Waals surface area contributed by atoms with Crippen molar-refractivity contribution in [1.82, 2.24) is 14.6 Å². The van der Waals surface area contributed by atoms with Crippen molar-refractivity contribution < 1.29 is 9.53 Å². The SMILES string of the molecule is CCOC(=O)c1nc2cc(C)nn2c(Cl)c1C. The minimum atomic E-state index is -0.465. The summed E-state index contributed by atoms with van der Waals surface area (Å²) in [5, 5.41) is 4.57. The molecule has 0 atom stereocenters. The Bertz CT molecular complexity index is 592. The van der Waals surface area contributed by atoms with E-state index in [1.54, 1.807) is 19.9 Å². The molecular formula is C11H12ClN3O2. The number of carbonyl (C=O) groups is 1. The van der Waals surface area contributed by atoms with Crippen LogP contribution in [-0.2, 0) is 4.74 Å². The van der Waals surface area contributed by atoms with Gasteiger partial charge < -0.3 is 4.74 Å². The van der Waals surface area contributed by atoms with Gasteiger partial charge in [0.05, 0.1) is 12.3 Å². The van der Waals surface area contributed by atoms with E-state index in [1.807, 2.05) is 6.92 Å². The molecule has 0 amide bonds. The molecule has 0 aliphatic rings. The molecule has 0 N–H and O–H groups in total. The van der Waals surface area contributed by atoms with Gasteiger partial charge in [0.1, 0.15) is 5.15 Å². The largest absolute Gasteiger partial charge is 0.461 e. The minimum absolute atomic E-state index is 0.240. The molecule has 90 valence electrons. The van der Waals surface area contributed by atoms with Crippen LogP contribution in [0.1, 0.15) is 28.7 Å². The lowest BCUT2D eigenvalue weighted by molar-refractivity contribution is 0.0518. The summed E-state index contributed by atoms with van der Waals surface area (Å²) in [5.74, 6) is -0.465. The molecule has 0 saturated heterocycles.